The van der Waals surface area contributed by atoms with E-state index in [1.54, 1.807) is 48.5 Å². The third-order valence-electron chi connectivity index (χ3n) is 5.21. The molecule has 1 saturated heterocycles. The molecule has 1 fully saturated rings. The van der Waals surface area contributed by atoms with Gasteiger partial charge in [0.2, 0.25) is 0 Å². The van der Waals surface area contributed by atoms with Crippen LogP contribution in [0.3, 0.4) is 0 Å². The van der Waals surface area contributed by atoms with Crippen LogP contribution in [0.2, 0.25) is 10.0 Å². The van der Waals surface area contributed by atoms with Crippen LogP contribution in [-0.2, 0) is 14.6 Å². The highest BCUT2D eigenvalue weighted by Gasteiger charge is 2.30. The smallest absolute Gasteiger partial charge is 0.268 e. The van der Waals surface area contributed by atoms with Gasteiger partial charge in [-0.2, -0.15) is 0 Å². The molecule has 34 heavy (non-hydrogen) atoms. The monoisotopic (exact) mass is 518 g/mol. The number of amides is 2. The zero-order valence-corrected chi connectivity index (χ0v) is 20.1. The first-order valence-corrected chi connectivity index (χ1v) is 12.9. The van der Waals surface area contributed by atoms with E-state index in [4.69, 9.17) is 27.6 Å². The van der Waals surface area contributed by atoms with E-state index in [-0.39, 0.29) is 17.2 Å². The Morgan fingerprint density at radius 2 is 1.59 bits per heavy atom. The maximum absolute atomic E-state index is 13.0. The molecule has 0 aliphatic carbocycles. The van der Waals surface area contributed by atoms with Crippen molar-refractivity contribution < 1.29 is 22.4 Å². The number of hydrogen-bond donors (Lipinski definition) is 2. The Morgan fingerprint density at radius 1 is 0.941 bits per heavy atom. The molecular formula is C24H20Cl2N2O5S. The van der Waals surface area contributed by atoms with Crippen molar-refractivity contribution in [2.75, 3.05) is 11.5 Å². The Hall–Kier alpha value is -3.07. The Morgan fingerprint density at radius 3 is 2.21 bits per heavy atom. The minimum Gasteiger partial charge on any atom is -0.457 e. The SMILES string of the molecule is O=C(N[C@H]1CCS(=O)(=O)C1)/C(=C\c1ccc(-c2ccc(Cl)cc2)o1)NC(=O)c1ccc(Cl)cc1. The Bertz CT molecular complexity index is 1350. The molecule has 2 aromatic carbocycles. The third kappa shape index (κ3) is 6.08. The topological polar surface area (TPSA) is 105 Å². The van der Waals surface area contributed by atoms with Crippen LogP contribution < -0.4 is 10.6 Å². The summed E-state index contributed by atoms with van der Waals surface area (Å²) in [6, 6.07) is 16.1. The average Bonchev–Trinajstić information content (AvgIpc) is 3.40. The van der Waals surface area contributed by atoms with E-state index in [9.17, 15) is 18.0 Å². The van der Waals surface area contributed by atoms with Crippen LogP contribution in [0.15, 0.2) is 70.8 Å². The fourth-order valence-corrected chi connectivity index (χ4v) is 5.39. The highest BCUT2D eigenvalue weighted by molar-refractivity contribution is 7.91. The van der Waals surface area contributed by atoms with Gasteiger partial charge in [-0.3, -0.25) is 9.59 Å². The van der Waals surface area contributed by atoms with Crippen LogP contribution in [0.1, 0.15) is 22.5 Å². The first kappa shape index (κ1) is 24.1. The Balaban J connectivity index is 1.59. The van der Waals surface area contributed by atoms with Crippen LogP contribution in [0.5, 0.6) is 0 Å². The van der Waals surface area contributed by atoms with Crippen LogP contribution >= 0.6 is 23.2 Å². The number of sulfone groups is 1. The van der Waals surface area contributed by atoms with Gasteiger partial charge < -0.3 is 15.1 Å². The quantitative estimate of drug-likeness (QED) is 0.472. The van der Waals surface area contributed by atoms with Crippen molar-refractivity contribution in [1.29, 1.82) is 0 Å². The van der Waals surface area contributed by atoms with E-state index in [2.05, 4.69) is 10.6 Å². The minimum atomic E-state index is -3.19. The number of rotatable bonds is 6. The lowest BCUT2D eigenvalue weighted by molar-refractivity contribution is -0.118. The lowest BCUT2D eigenvalue weighted by Crippen LogP contribution is -2.41. The van der Waals surface area contributed by atoms with E-state index < -0.39 is 27.7 Å². The van der Waals surface area contributed by atoms with Gasteiger partial charge in [-0.15, -0.1) is 0 Å². The first-order chi connectivity index (χ1) is 16.2. The number of hydrogen-bond acceptors (Lipinski definition) is 5. The molecule has 0 saturated carbocycles. The molecule has 4 rings (SSSR count). The molecule has 0 spiro atoms. The molecule has 176 valence electrons. The van der Waals surface area contributed by atoms with Crippen LogP contribution in [0.25, 0.3) is 17.4 Å². The van der Waals surface area contributed by atoms with Crippen LogP contribution in [0.4, 0.5) is 0 Å². The first-order valence-electron chi connectivity index (χ1n) is 10.3. The largest absolute Gasteiger partial charge is 0.457 e. The van der Waals surface area contributed by atoms with E-state index in [1.165, 1.54) is 18.2 Å². The summed E-state index contributed by atoms with van der Waals surface area (Å²) in [5, 5.41) is 6.34. The fraction of sp³-hybridized carbons (Fsp3) is 0.167. The van der Waals surface area contributed by atoms with Gasteiger partial charge in [-0.1, -0.05) is 23.2 Å². The maximum Gasteiger partial charge on any atom is 0.268 e. The minimum absolute atomic E-state index is 0.0107. The van der Waals surface area contributed by atoms with Gasteiger partial charge in [-0.05, 0) is 67.1 Å². The molecule has 2 heterocycles. The Labute approximate surface area is 206 Å². The van der Waals surface area contributed by atoms with E-state index in [0.29, 0.717) is 33.6 Å². The molecule has 10 heteroatoms. The average molecular weight is 519 g/mol. The van der Waals surface area contributed by atoms with Crippen molar-refractivity contribution in [3.8, 4) is 11.3 Å². The molecule has 3 aromatic rings. The molecule has 1 atom stereocenters. The van der Waals surface area contributed by atoms with Gasteiger partial charge >= 0.3 is 0 Å². The van der Waals surface area contributed by atoms with Crippen molar-refractivity contribution in [2.24, 2.45) is 0 Å². The molecule has 2 amide bonds. The van der Waals surface area contributed by atoms with E-state index in [0.717, 1.165) is 5.56 Å². The van der Waals surface area contributed by atoms with Gasteiger partial charge in [0.1, 0.15) is 17.2 Å². The summed E-state index contributed by atoms with van der Waals surface area (Å²) >= 11 is 11.8. The number of carbonyl (C=O) groups is 2. The summed E-state index contributed by atoms with van der Waals surface area (Å²) in [4.78, 5) is 25.7. The highest BCUT2D eigenvalue weighted by Crippen LogP contribution is 2.25. The lowest BCUT2D eigenvalue weighted by Gasteiger charge is -2.14. The van der Waals surface area contributed by atoms with Gasteiger partial charge in [0.25, 0.3) is 11.8 Å². The molecule has 0 radical (unpaired) electrons. The van der Waals surface area contributed by atoms with E-state index >= 15 is 0 Å². The molecule has 0 unspecified atom stereocenters. The van der Waals surface area contributed by atoms with Crippen molar-refractivity contribution >= 4 is 50.9 Å². The predicted octanol–water partition coefficient (Wildman–Crippen LogP) is 4.33. The second kappa shape index (κ2) is 10.0. The molecule has 1 aliphatic rings. The van der Waals surface area contributed by atoms with Gasteiger partial charge in [0, 0.05) is 33.3 Å². The molecule has 1 aromatic heterocycles. The van der Waals surface area contributed by atoms with Crippen LogP contribution in [-0.4, -0.2) is 37.8 Å². The molecular weight excluding hydrogens is 499 g/mol. The summed E-state index contributed by atoms with van der Waals surface area (Å²) in [5.74, 6) is -0.398. The van der Waals surface area contributed by atoms with Crippen molar-refractivity contribution in [3.05, 3.63) is 87.7 Å². The molecule has 1 aliphatic heterocycles. The zero-order chi connectivity index (χ0) is 24.3. The van der Waals surface area contributed by atoms with Crippen molar-refractivity contribution in [1.82, 2.24) is 10.6 Å². The number of halogens is 2. The summed E-state index contributed by atoms with van der Waals surface area (Å²) in [6.45, 7) is 0. The summed E-state index contributed by atoms with van der Waals surface area (Å²) in [5.41, 5.74) is 1.01. The molecule has 7 nitrogen and oxygen atoms in total. The summed E-state index contributed by atoms with van der Waals surface area (Å²) < 4.78 is 29.4. The number of furan rings is 1. The van der Waals surface area contributed by atoms with Crippen molar-refractivity contribution in [3.63, 3.8) is 0 Å². The van der Waals surface area contributed by atoms with Gasteiger partial charge in [-0.25, -0.2) is 8.42 Å². The highest BCUT2D eigenvalue weighted by atomic mass is 35.5. The third-order valence-corrected chi connectivity index (χ3v) is 7.48. The second-order valence-corrected chi connectivity index (χ2v) is 10.9. The van der Waals surface area contributed by atoms with E-state index in [1.807, 2.05) is 0 Å². The fourth-order valence-electron chi connectivity index (χ4n) is 3.47. The number of benzene rings is 2. The van der Waals surface area contributed by atoms with Gasteiger partial charge in [0.15, 0.2) is 9.84 Å². The Kier molecular flexibility index (Phi) is 7.11. The number of carbonyl (C=O) groups excluding carboxylic acids is 2. The summed E-state index contributed by atoms with van der Waals surface area (Å²) in [6.07, 6.45) is 1.71. The normalized spacial score (nSPS) is 17.4. The maximum atomic E-state index is 13.0. The molecule has 2 N–H and O–H groups in total. The zero-order valence-electron chi connectivity index (χ0n) is 17.8. The van der Waals surface area contributed by atoms with Crippen LogP contribution in [0, 0.1) is 0 Å². The second-order valence-electron chi connectivity index (χ2n) is 7.80. The summed E-state index contributed by atoms with van der Waals surface area (Å²) in [7, 11) is -3.19. The van der Waals surface area contributed by atoms with Gasteiger partial charge in [0.05, 0.1) is 11.5 Å². The standard InChI is InChI=1S/C24H20Cl2N2O5S/c25-17-5-1-15(2-6-17)22-10-9-20(33-22)13-21(24(30)27-19-11-12-34(31,32)14-19)28-23(29)16-3-7-18(26)8-4-16/h1-10,13,19H,11-12,14H2,(H,27,30)(H,28,29)/b21-13+/t19-/m0/s1. The lowest BCUT2D eigenvalue weighted by atomic mass is 10.2. The molecule has 0 bridgehead atoms. The number of nitrogens with one attached hydrogen (secondary N) is 2. The van der Waals surface area contributed by atoms with Crippen molar-refractivity contribution in [2.45, 2.75) is 12.5 Å². The predicted molar refractivity (Wildman–Crippen MR) is 131 cm³/mol.